The van der Waals surface area contributed by atoms with Crippen LogP contribution in [0.25, 0.3) is 0 Å². The summed E-state index contributed by atoms with van der Waals surface area (Å²) >= 11 is 0. The first kappa shape index (κ1) is 17.5. The molecule has 0 saturated heterocycles. The van der Waals surface area contributed by atoms with E-state index in [4.69, 9.17) is 0 Å². The van der Waals surface area contributed by atoms with Crippen molar-refractivity contribution in [1.82, 2.24) is 15.0 Å². The average Bonchev–Trinajstić information content (AvgIpc) is 2.64. The minimum Gasteiger partial charge on any atom is -0.350 e. The molecule has 2 N–H and O–H groups in total. The summed E-state index contributed by atoms with van der Waals surface area (Å²) in [6.07, 6.45) is 5.06. The second-order valence-corrected chi connectivity index (χ2v) is 6.21. The highest BCUT2D eigenvalue weighted by Gasteiger charge is 2.12. The van der Waals surface area contributed by atoms with Gasteiger partial charge in [0.1, 0.15) is 5.69 Å². The van der Waals surface area contributed by atoms with Crippen molar-refractivity contribution >= 4 is 17.5 Å². The van der Waals surface area contributed by atoms with Gasteiger partial charge in [-0.15, -0.1) is 0 Å². The number of benzene rings is 1. The van der Waals surface area contributed by atoms with Crippen LogP contribution in [0.3, 0.4) is 0 Å². The van der Waals surface area contributed by atoms with Crippen LogP contribution in [0.5, 0.6) is 0 Å². The zero-order valence-electron chi connectivity index (χ0n) is 15.1. The molecule has 0 fully saturated rings. The number of nitrogens with zero attached hydrogens (tertiary/aromatic N) is 3. The van der Waals surface area contributed by atoms with Crippen LogP contribution in [-0.2, 0) is 6.54 Å². The molecule has 0 aliphatic rings. The van der Waals surface area contributed by atoms with Crippen LogP contribution < -0.4 is 10.6 Å². The summed E-state index contributed by atoms with van der Waals surface area (Å²) in [5.41, 5.74) is 5.37. The first-order chi connectivity index (χ1) is 12.5. The number of rotatable bonds is 5. The molecule has 3 rings (SSSR count). The van der Waals surface area contributed by atoms with Gasteiger partial charge in [0.15, 0.2) is 0 Å². The molecule has 0 bridgehead atoms. The van der Waals surface area contributed by atoms with Crippen molar-refractivity contribution < 1.29 is 4.79 Å². The summed E-state index contributed by atoms with van der Waals surface area (Å²) in [4.78, 5) is 25.1. The Morgan fingerprint density at radius 2 is 1.85 bits per heavy atom. The summed E-state index contributed by atoms with van der Waals surface area (Å²) in [6, 6.07) is 9.52. The molecular formula is C20H21N5O. The number of carbonyl (C=O) groups is 1. The molecule has 2 aromatic heterocycles. The number of pyridine rings is 1. The minimum absolute atomic E-state index is 0.258. The Morgan fingerprint density at radius 1 is 1.08 bits per heavy atom. The molecule has 132 valence electrons. The molecule has 3 aromatic rings. The van der Waals surface area contributed by atoms with Crippen LogP contribution in [0.4, 0.5) is 11.6 Å². The molecule has 0 unspecified atom stereocenters. The first-order valence-electron chi connectivity index (χ1n) is 8.38. The normalized spacial score (nSPS) is 10.4. The number of hydrogen-bond donors (Lipinski definition) is 2. The number of aromatic nitrogens is 3. The molecule has 26 heavy (non-hydrogen) atoms. The number of amides is 1. The molecule has 6 heteroatoms. The van der Waals surface area contributed by atoms with Gasteiger partial charge in [-0.3, -0.25) is 9.78 Å². The molecule has 0 spiro atoms. The number of aryl methyl sites for hydroxylation is 3. The maximum Gasteiger partial charge on any atom is 0.274 e. The molecule has 0 radical (unpaired) electrons. The fourth-order valence-corrected chi connectivity index (χ4v) is 2.81. The lowest BCUT2D eigenvalue weighted by Gasteiger charge is -2.13. The third-order valence-corrected chi connectivity index (χ3v) is 3.98. The van der Waals surface area contributed by atoms with E-state index in [9.17, 15) is 4.79 Å². The van der Waals surface area contributed by atoms with Crippen LogP contribution in [0.2, 0.25) is 0 Å². The Bertz CT molecular complexity index is 901. The highest BCUT2D eigenvalue weighted by molar-refractivity contribution is 6.03. The van der Waals surface area contributed by atoms with E-state index in [2.05, 4.69) is 25.6 Å². The van der Waals surface area contributed by atoms with E-state index in [1.165, 1.54) is 5.56 Å². The van der Waals surface area contributed by atoms with Crippen molar-refractivity contribution in [3.63, 3.8) is 0 Å². The number of hydrogen-bond acceptors (Lipinski definition) is 5. The number of nitrogens with one attached hydrogen (secondary N) is 2. The van der Waals surface area contributed by atoms with Crippen molar-refractivity contribution in [2.24, 2.45) is 0 Å². The third kappa shape index (κ3) is 4.22. The standard InChI is InChI=1S/C20H21N5O/c1-13-9-14(2)18(15(3)10-13)25-19(26)17-6-8-22-20(24-17)23-12-16-5-4-7-21-11-16/h4-11H,12H2,1-3H3,(H,25,26)(H,22,23,24). The Morgan fingerprint density at radius 3 is 2.54 bits per heavy atom. The van der Waals surface area contributed by atoms with Crippen LogP contribution >= 0.6 is 0 Å². The Balaban J connectivity index is 1.72. The molecule has 0 aliphatic heterocycles. The van der Waals surface area contributed by atoms with E-state index in [0.29, 0.717) is 18.2 Å². The van der Waals surface area contributed by atoms with Gasteiger partial charge in [0.2, 0.25) is 5.95 Å². The SMILES string of the molecule is Cc1cc(C)c(NC(=O)c2ccnc(NCc3cccnc3)n2)c(C)c1. The maximum absolute atomic E-state index is 12.6. The van der Waals surface area contributed by atoms with Gasteiger partial charge < -0.3 is 10.6 Å². The Labute approximate surface area is 152 Å². The van der Waals surface area contributed by atoms with Crippen molar-refractivity contribution in [3.05, 3.63) is 76.9 Å². The van der Waals surface area contributed by atoms with Gasteiger partial charge in [0, 0.05) is 30.8 Å². The third-order valence-electron chi connectivity index (χ3n) is 3.98. The fourth-order valence-electron chi connectivity index (χ4n) is 2.81. The van der Waals surface area contributed by atoms with Gasteiger partial charge in [0.25, 0.3) is 5.91 Å². The summed E-state index contributed by atoms with van der Waals surface area (Å²) in [6.45, 7) is 6.54. The topological polar surface area (TPSA) is 79.8 Å². The van der Waals surface area contributed by atoms with Gasteiger partial charge in [-0.2, -0.15) is 0 Å². The van der Waals surface area contributed by atoms with Crippen LogP contribution in [-0.4, -0.2) is 20.9 Å². The van der Waals surface area contributed by atoms with Crippen LogP contribution in [0.15, 0.2) is 48.9 Å². The molecule has 2 heterocycles. The van der Waals surface area contributed by atoms with Crippen molar-refractivity contribution in [2.45, 2.75) is 27.3 Å². The van der Waals surface area contributed by atoms with Gasteiger partial charge in [-0.05, 0) is 49.6 Å². The predicted octanol–water partition coefficient (Wildman–Crippen LogP) is 3.66. The largest absolute Gasteiger partial charge is 0.350 e. The summed E-state index contributed by atoms with van der Waals surface area (Å²) < 4.78 is 0. The monoisotopic (exact) mass is 347 g/mol. The first-order valence-corrected chi connectivity index (χ1v) is 8.38. The summed E-state index contributed by atoms with van der Waals surface area (Å²) in [7, 11) is 0. The quantitative estimate of drug-likeness (QED) is 0.736. The zero-order chi connectivity index (χ0) is 18.5. The Kier molecular flexibility index (Phi) is 5.22. The highest BCUT2D eigenvalue weighted by Crippen LogP contribution is 2.22. The van der Waals surface area contributed by atoms with E-state index < -0.39 is 0 Å². The van der Waals surface area contributed by atoms with Gasteiger partial charge in [-0.1, -0.05) is 23.8 Å². The Hall–Kier alpha value is -3.28. The van der Waals surface area contributed by atoms with Crippen LogP contribution in [0.1, 0.15) is 32.7 Å². The summed E-state index contributed by atoms with van der Waals surface area (Å²) in [5.74, 6) is 0.144. The van der Waals surface area contributed by atoms with E-state index in [1.807, 2.05) is 45.0 Å². The van der Waals surface area contributed by atoms with Gasteiger partial charge in [-0.25, -0.2) is 9.97 Å². The number of anilines is 2. The smallest absolute Gasteiger partial charge is 0.274 e. The lowest BCUT2D eigenvalue weighted by molar-refractivity contribution is 0.102. The minimum atomic E-state index is -0.258. The molecule has 1 amide bonds. The lowest BCUT2D eigenvalue weighted by Crippen LogP contribution is -2.16. The second-order valence-electron chi connectivity index (χ2n) is 6.21. The van der Waals surface area contributed by atoms with Gasteiger partial charge >= 0.3 is 0 Å². The highest BCUT2D eigenvalue weighted by atomic mass is 16.1. The van der Waals surface area contributed by atoms with Crippen LogP contribution in [0, 0.1) is 20.8 Å². The van der Waals surface area contributed by atoms with E-state index >= 15 is 0 Å². The molecule has 6 nitrogen and oxygen atoms in total. The lowest BCUT2D eigenvalue weighted by atomic mass is 10.1. The average molecular weight is 347 g/mol. The van der Waals surface area contributed by atoms with E-state index in [1.54, 1.807) is 24.7 Å². The summed E-state index contributed by atoms with van der Waals surface area (Å²) in [5, 5.41) is 6.06. The molecule has 0 atom stereocenters. The molecule has 1 aromatic carbocycles. The van der Waals surface area contributed by atoms with Crippen molar-refractivity contribution in [1.29, 1.82) is 0 Å². The van der Waals surface area contributed by atoms with Crippen molar-refractivity contribution in [2.75, 3.05) is 10.6 Å². The van der Waals surface area contributed by atoms with E-state index in [-0.39, 0.29) is 5.91 Å². The van der Waals surface area contributed by atoms with Crippen molar-refractivity contribution in [3.8, 4) is 0 Å². The van der Waals surface area contributed by atoms with Gasteiger partial charge in [0.05, 0.1) is 0 Å². The maximum atomic E-state index is 12.6. The molecule has 0 aliphatic carbocycles. The second kappa shape index (κ2) is 7.74. The van der Waals surface area contributed by atoms with E-state index in [0.717, 1.165) is 22.4 Å². The zero-order valence-corrected chi connectivity index (χ0v) is 15.1. The molecule has 0 saturated carbocycles. The fraction of sp³-hybridized carbons (Fsp3) is 0.200. The predicted molar refractivity (Wildman–Crippen MR) is 102 cm³/mol. The number of carbonyl (C=O) groups excluding carboxylic acids is 1. The molecular weight excluding hydrogens is 326 g/mol.